The summed E-state index contributed by atoms with van der Waals surface area (Å²) in [6, 6.07) is 19.4. The number of rotatable bonds is 5. The zero-order valence-corrected chi connectivity index (χ0v) is 11.4. The van der Waals surface area contributed by atoms with Crippen molar-refractivity contribution < 1.29 is 9.15 Å². The van der Waals surface area contributed by atoms with E-state index in [-0.39, 0.29) is 6.61 Å². The van der Waals surface area contributed by atoms with Crippen molar-refractivity contribution in [1.29, 1.82) is 5.26 Å². The number of furan rings is 1. The van der Waals surface area contributed by atoms with Crippen LogP contribution in [-0.4, -0.2) is 6.61 Å². The van der Waals surface area contributed by atoms with Gasteiger partial charge in [-0.25, -0.2) is 0 Å². The summed E-state index contributed by atoms with van der Waals surface area (Å²) >= 11 is 0. The first kappa shape index (κ1) is 13.1. The molecule has 0 aliphatic heterocycles. The van der Waals surface area contributed by atoms with Crippen LogP contribution in [0.5, 0.6) is 5.75 Å². The van der Waals surface area contributed by atoms with Gasteiger partial charge in [0.1, 0.15) is 23.2 Å². The van der Waals surface area contributed by atoms with Crippen molar-refractivity contribution in [3.63, 3.8) is 0 Å². The number of ether oxygens (including phenoxy) is 1. The van der Waals surface area contributed by atoms with Crippen molar-refractivity contribution in [1.82, 2.24) is 0 Å². The van der Waals surface area contributed by atoms with Gasteiger partial charge in [-0.3, -0.25) is 0 Å². The number of hydrogen-bond donors (Lipinski definition) is 1. The molecule has 0 aliphatic carbocycles. The Morgan fingerprint density at radius 2 is 2.00 bits per heavy atom. The van der Waals surface area contributed by atoms with Crippen LogP contribution in [0.3, 0.4) is 0 Å². The third-order valence-electron chi connectivity index (χ3n) is 3.08. The molecule has 0 atom stereocenters. The molecule has 4 nitrogen and oxygen atoms in total. The van der Waals surface area contributed by atoms with E-state index in [0.717, 1.165) is 22.4 Å². The molecule has 3 aromatic rings. The molecular formula is C17H14N2O2. The molecule has 0 bridgehead atoms. The number of hydrogen-bond acceptors (Lipinski definition) is 4. The number of para-hydroxylation sites is 1. The summed E-state index contributed by atoms with van der Waals surface area (Å²) in [6.07, 6.45) is 0. The summed E-state index contributed by atoms with van der Waals surface area (Å²) in [5, 5.41) is 12.9. The van der Waals surface area contributed by atoms with Gasteiger partial charge in [0.15, 0.2) is 6.61 Å². The third-order valence-corrected chi connectivity index (χ3v) is 3.08. The number of benzene rings is 2. The van der Waals surface area contributed by atoms with Crippen LogP contribution in [0.4, 0.5) is 5.69 Å². The summed E-state index contributed by atoms with van der Waals surface area (Å²) in [5.41, 5.74) is 1.81. The molecule has 4 heteroatoms. The SMILES string of the molecule is N#CCOc1cccc(NCc2cc3ccccc3o2)c1. The smallest absolute Gasteiger partial charge is 0.174 e. The van der Waals surface area contributed by atoms with E-state index in [1.54, 1.807) is 0 Å². The van der Waals surface area contributed by atoms with Crippen molar-refractivity contribution >= 4 is 16.7 Å². The van der Waals surface area contributed by atoms with E-state index in [2.05, 4.69) is 5.32 Å². The van der Waals surface area contributed by atoms with Crippen LogP contribution in [0.1, 0.15) is 5.76 Å². The predicted octanol–water partition coefficient (Wildman–Crippen LogP) is 3.95. The fourth-order valence-corrected chi connectivity index (χ4v) is 2.12. The second-order valence-corrected chi connectivity index (χ2v) is 4.58. The van der Waals surface area contributed by atoms with Gasteiger partial charge in [0, 0.05) is 17.1 Å². The number of nitrogens with one attached hydrogen (secondary N) is 1. The third kappa shape index (κ3) is 3.15. The molecule has 0 saturated heterocycles. The zero-order valence-electron chi connectivity index (χ0n) is 11.4. The van der Waals surface area contributed by atoms with Gasteiger partial charge in [-0.2, -0.15) is 5.26 Å². The lowest BCUT2D eigenvalue weighted by Gasteiger charge is -2.07. The van der Waals surface area contributed by atoms with Crippen LogP contribution < -0.4 is 10.1 Å². The molecule has 0 spiro atoms. The highest BCUT2D eigenvalue weighted by Crippen LogP contribution is 2.21. The van der Waals surface area contributed by atoms with E-state index in [4.69, 9.17) is 14.4 Å². The average molecular weight is 278 g/mol. The Hall–Kier alpha value is -2.93. The van der Waals surface area contributed by atoms with Crippen LogP contribution in [0.25, 0.3) is 11.0 Å². The Kier molecular flexibility index (Phi) is 3.74. The first-order valence-electron chi connectivity index (χ1n) is 6.66. The molecule has 0 fully saturated rings. The lowest BCUT2D eigenvalue weighted by atomic mass is 10.2. The van der Waals surface area contributed by atoms with Crippen molar-refractivity contribution in [3.05, 3.63) is 60.4 Å². The summed E-state index contributed by atoms with van der Waals surface area (Å²) in [5.74, 6) is 1.55. The van der Waals surface area contributed by atoms with Gasteiger partial charge >= 0.3 is 0 Å². The molecular weight excluding hydrogens is 264 g/mol. The Morgan fingerprint density at radius 1 is 1.10 bits per heavy atom. The van der Waals surface area contributed by atoms with Crippen LogP contribution in [0.2, 0.25) is 0 Å². The Bertz CT molecular complexity index is 754. The van der Waals surface area contributed by atoms with Gasteiger partial charge in [0.25, 0.3) is 0 Å². The maximum absolute atomic E-state index is 8.52. The van der Waals surface area contributed by atoms with Crippen LogP contribution in [0, 0.1) is 11.3 Å². The van der Waals surface area contributed by atoms with Crippen LogP contribution in [0.15, 0.2) is 59.0 Å². The maximum Gasteiger partial charge on any atom is 0.174 e. The zero-order chi connectivity index (χ0) is 14.5. The quantitative estimate of drug-likeness (QED) is 0.767. The summed E-state index contributed by atoms with van der Waals surface area (Å²) in [7, 11) is 0. The fourth-order valence-electron chi connectivity index (χ4n) is 2.12. The standard InChI is InChI=1S/C17H14N2O2/c18-8-9-20-15-6-3-5-14(11-15)19-12-16-10-13-4-1-2-7-17(13)21-16/h1-7,10-11,19H,9,12H2. The minimum atomic E-state index is 0.0486. The monoisotopic (exact) mass is 278 g/mol. The first-order valence-corrected chi connectivity index (χ1v) is 6.66. The molecule has 1 aromatic heterocycles. The van der Waals surface area contributed by atoms with Gasteiger partial charge in [-0.05, 0) is 24.3 Å². The number of anilines is 1. The fraction of sp³-hybridized carbons (Fsp3) is 0.118. The van der Waals surface area contributed by atoms with Crippen LogP contribution >= 0.6 is 0 Å². The highest BCUT2D eigenvalue weighted by molar-refractivity contribution is 5.77. The molecule has 3 rings (SSSR count). The van der Waals surface area contributed by atoms with E-state index in [1.807, 2.05) is 60.7 Å². The summed E-state index contributed by atoms with van der Waals surface area (Å²) in [6.45, 7) is 0.642. The lowest BCUT2D eigenvalue weighted by Crippen LogP contribution is -1.99. The van der Waals surface area contributed by atoms with Gasteiger partial charge in [0.05, 0.1) is 6.54 Å². The van der Waals surface area contributed by atoms with Crippen molar-refractivity contribution in [2.75, 3.05) is 11.9 Å². The van der Waals surface area contributed by atoms with Crippen molar-refractivity contribution in [2.24, 2.45) is 0 Å². The molecule has 0 amide bonds. The van der Waals surface area contributed by atoms with E-state index >= 15 is 0 Å². The largest absolute Gasteiger partial charge is 0.479 e. The molecule has 2 aromatic carbocycles. The number of fused-ring (bicyclic) bond motifs is 1. The lowest BCUT2D eigenvalue weighted by molar-refractivity contribution is 0.368. The molecule has 1 N–H and O–H groups in total. The molecule has 0 unspecified atom stereocenters. The van der Waals surface area contributed by atoms with E-state index in [1.165, 1.54) is 0 Å². The second kappa shape index (κ2) is 6.02. The normalized spacial score (nSPS) is 10.2. The first-order chi connectivity index (χ1) is 10.3. The Balaban J connectivity index is 1.68. The van der Waals surface area contributed by atoms with Crippen molar-refractivity contribution in [2.45, 2.75) is 6.54 Å². The average Bonchev–Trinajstić information content (AvgIpc) is 2.94. The Labute approximate surface area is 122 Å². The van der Waals surface area contributed by atoms with Gasteiger partial charge in [-0.1, -0.05) is 24.3 Å². The molecule has 0 saturated carbocycles. The van der Waals surface area contributed by atoms with E-state index < -0.39 is 0 Å². The minimum Gasteiger partial charge on any atom is -0.479 e. The van der Waals surface area contributed by atoms with Gasteiger partial charge in [-0.15, -0.1) is 0 Å². The van der Waals surface area contributed by atoms with Gasteiger partial charge in [0.2, 0.25) is 0 Å². The van der Waals surface area contributed by atoms with E-state index in [9.17, 15) is 0 Å². The van der Waals surface area contributed by atoms with Crippen molar-refractivity contribution in [3.8, 4) is 11.8 Å². The van der Waals surface area contributed by atoms with Crippen LogP contribution in [-0.2, 0) is 6.54 Å². The number of nitrogens with zero attached hydrogens (tertiary/aromatic N) is 1. The highest BCUT2D eigenvalue weighted by Gasteiger charge is 2.03. The molecule has 0 aliphatic rings. The Morgan fingerprint density at radius 3 is 2.86 bits per heavy atom. The summed E-state index contributed by atoms with van der Waals surface area (Å²) in [4.78, 5) is 0. The van der Waals surface area contributed by atoms with Gasteiger partial charge < -0.3 is 14.5 Å². The minimum absolute atomic E-state index is 0.0486. The summed E-state index contributed by atoms with van der Waals surface area (Å²) < 4.78 is 11.0. The highest BCUT2D eigenvalue weighted by atomic mass is 16.5. The second-order valence-electron chi connectivity index (χ2n) is 4.58. The predicted molar refractivity (Wildman–Crippen MR) is 81.1 cm³/mol. The molecule has 0 radical (unpaired) electrons. The molecule has 21 heavy (non-hydrogen) atoms. The molecule has 104 valence electrons. The molecule has 1 heterocycles. The number of nitriles is 1. The van der Waals surface area contributed by atoms with E-state index in [0.29, 0.717) is 12.3 Å². The maximum atomic E-state index is 8.52. The topological polar surface area (TPSA) is 58.2 Å².